The fourth-order valence-corrected chi connectivity index (χ4v) is 4.19. The number of nitrogens with two attached hydrogens (primary N) is 1. The maximum absolute atomic E-state index is 13.2. The molecule has 33 heavy (non-hydrogen) atoms. The number of carboxylic acid groups (broad SMARTS) is 1. The molecule has 4 N–H and O–H groups in total. The maximum Gasteiger partial charge on any atom is 0.335 e. The van der Waals surface area contributed by atoms with Crippen molar-refractivity contribution >= 4 is 23.5 Å². The minimum absolute atomic E-state index is 0.195. The van der Waals surface area contributed by atoms with Crippen LogP contribution in [0.4, 0.5) is 5.69 Å². The Morgan fingerprint density at radius 1 is 1.03 bits per heavy atom. The first-order valence-electron chi connectivity index (χ1n) is 10.7. The molecule has 0 radical (unpaired) electrons. The highest BCUT2D eigenvalue weighted by Gasteiger charge is 2.26. The van der Waals surface area contributed by atoms with E-state index in [1.165, 1.54) is 12.1 Å². The SMILES string of the molecule is C[C@H](NC(=O)c1cccc2c1N(Cc1cccc(C(N)=O)c1)CC2)c1ccc(C(=O)O)cc1. The number of hydrogen-bond acceptors (Lipinski definition) is 4. The van der Waals surface area contributed by atoms with Crippen molar-refractivity contribution in [3.63, 3.8) is 0 Å². The average Bonchev–Trinajstić information content (AvgIpc) is 3.22. The molecule has 1 aliphatic heterocycles. The number of hydrogen-bond donors (Lipinski definition) is 3. The Morgan fingerprint density at radius 2 is 1.76 bits per heavy atom. The molecule has 7 nitrogen and oxygen atoms in total. The molecular weight excluding hydrogens is 418 g/mol. The molecule has 2 amide bonds. The molecule has 3 aromatic carbocycles. The topological polar surface area (TPSA) is 113 Å². The van der Waals surface area contributed by atoms with Gasteiger partial charge in [-0.3, -0.25) is 9.59 Å². The van der Waals surface area contributed by atoms with Gasteiger partial charge in [0.2, 0.25) is 5.91 Å². The number of primary amides is 1. The van der Waals surface area contributed by atoms with Gasteiger partial charge < -0.3 is 21.1 Å². The Hall–Kier alpha value is -4.13. The van der Waals surface area contributed by atoms with Crippen molar-refractivity contribution in [2.24, 2.45) is 5.73 Å². The number of rotatable bonds is 7. The van der Waals surface area contributed by atoms with Gasteiger partial charge in [0.1, 0.15) is 0 Å². The number of anilines is 1. The van der Waals surface area contributed by atoms with Gasteiger partial charge in [-0.25, -0.2) is 4.79 Å². The van der Waals surface area contributed by atoms with Crippen LogP contribution in [0.1, 0.15) is 60.7 Å². The van der Waals surface area contributed by atoms with Gasteiger partial charge in [-0.05, 0) is 60.4 Å². The summed E-state index contributed by atoms with van der Waals surface area (Å²) < 4.78 is 0. The summed E-state index contributed by atoms with van der Waals surface area (Å²) in [7, 11) is 0. The van der Waals surface area contributed by atoms with Gasteiger partial charge in [0.15, 0.2) is 0 Å². The molecule has 0 unspecified atom stereocenters. The predicted octanol–water partition coefficient (Wildman–Crippen LogP) is 3.54. The Labute approximate surface area is 191 Å². The molecule has 168 valence electrons. The third-order valence-corrected chi connectivity index (χ3v) is 5.92. The second-order valence-electron chi connectivity index (χ2n) is 8.17. The van der Waals surface area contributed by atoms with Crippen LogP contribution < -0.4 is 16.0 Å². The number of fused-ring (bicyclic) bond motifs is 1. The lowest BCUT2D eigenvalue weighted by atomic mass is 10.0. The molecule has 3 aromatic rings. The zero-order chi connectivity index (χ0) is 23.5. The van der Waals surface area contributed by atoms with E-state index in [2.05, 4.69) is 10.2 Å². The molecular formula is C26H25N3O4. The van der Waals surface area contributed by atoms with Gasteiger partial charge in [-0.2, -0.15) is 0 Å². The number of carboxylic acids is 1. The van der Waals surface area contributed by atoms with Crippen molar-refractivity contribution in [1.82, 2.24) is 5.32 Å². The normalized spacial score (nSPS) is 13.3. The summed E-state index contributed by atoms with van der Waals surface area (Å²) in [6, 6.07) is 19.1. The minimum atomic E-state index is -0.987. The van der Waals surface area contributed by atoms with Gasteiger partial charge in [0.25, 0.3) is 5.91 Å². The van der Waals surface area contributed by atoms with Crippen LogP contribution in [-0.4, -0.2) is 29.4 Å². The zero-order valence-electron chi connectivity index (χ0n) is 18.2. The van der Waals surface area contributed by atoms with Crippen LogP contribution in [0, 0.1) is 0 Å². The van der Waals surface area contributed by atoms with E-state index in [4.69, 9.17) is 10.8 Å². The lowest BCUT2D eigenvalue weighted by Crippen LogP contribution is -2.29. The van der Waals surface area contributed by atoms with Crippen LogP contribution in [0.15, 0.2) is 66.7 Å². The molecule has 0 saturated carbocycles. The van der Waals surface area contributed by atoms with Crippen molar-refractivity contribution < 1.29 is 19.5 Å². The number of nitrogens with one attached hydrogen (secondary N) is 1. The first-order valence-corrected chi connectivity index (χ1v) is 10.7. The van der Waals surface area contributed by atoms with Crippen LogP contribution in [0.5, 0.6) is 0 Å². The third kappa shape index (κ3) is 4.72. The highest BCUT2D eigenvalue weighted by atomic mass is 16.4. The fourth-order valence-electron chi connectivity index (χ4n) is 4.19. The number of para-hydroxylation sites is 1. The monoisotopic (exact) mass is 443 g/mol. The molecule has 0 fully saturated rings. The number of amides is 2. The van der Waals surface area contributed by atoms with Gasteiger partial charge in [-0.1, -0.05) is 36.4 Å². The van der Waals surface area contributed by atoms with Crippen molar-refractivity contribution in [1.29, 1.82) is 0 Å². The highest BCUT2D eigenvalue weighted by molar-refractivity contribution is 6.01. The van der Waals surface area contributed by atoms with Gasteiger partial charge in [-0.15, -0.1) is 0 Å². The molecule has 0 saturated heterocycles. The Bertz CT molecular complexity index is 1220. The molecule has 0 aliphatic carbocycles. The zero-order valence-corrected chi connectivity index (χ0v) is 18.2. The van der Waals surface area contributed by atoms with E-state index in [9.17, 15) is 14.4 Å². The summed E-state index contributed by atoms with van der Waals surface area (Å²) in [6.07, 6.45) is 0.832. The Morgan fingerprint density at radius 3 is 2.45 bits per heavy atom. The Kier molecular flexibility index (Phi) is 6.13. The molecule has 0 spiro atoms. The summed E-state index contributed by atoms with van der Waals surface area (Å²) in [5, 5.41) is 12.1. The van der Waals surface area contributed by atoms with Crippen LogP contribution in [-0.2, 0) is 13.0 Å². The summed E-state index contributed by atoms with van der Waals surface area (Å²) in [6.45, 7) is 3.20. The van der Waals surface area contributed by atoms with Gasteiger partial charge >= 0.3 is 5.97 Å². The standard InChI is InChI=1S/C26H25N3O4/c1-16(18-8-10-20(11-9-18)26(32)33)28-25(31)22-7-3-5-19-12-13-29(23(19)22)15-17-4-2-6-21(14-17)24(27)30/h2-11,14,16H,12-13,15H2,1H3,(H2,27,30)(H,28,31)(H,32,33)/t16-/m0/s1. The third-order valence-electron chi connectivity index (χ3n) is 5.92. The summed E-state index contributed by atoms with van der Waals surface area (Å²) >= 11 is 0. The number of aromatic carboxylic acids is 1. The minimum Gasteiger partial charge on any atom is -0.478 e. The molecule has 1 aliphatic rings. The fraction of sp³-hybridized carbons (Fsp3) is 0.192. The lowest BCUT2D eigenvalue weighted by molar-refractivity contribution is 0.0696. The van der Waals surface area contributed by atoms with Crippen LogP contribution in [0.3, 0.4) is 0 Å². The van der Waals surface area contributed by atoms with Gasteiger partial charge in [0, 0.05) is 18.7 Å². The molecule has 7 heteroatoms. The smallest absolute Gasteiger partial charge is 0.335 e. The largest absolute Gasteiger partial charge is 0.478 e. The van der Waals surface area contributed by atoms with E-state index in [1.54, 1.807) is 24.3 Å². The molecule has 4 rings (SSSR count). The van der Waals surface area contributed by atoms with Gasteiger partial charge in [0.05, 0.1) is 22.9 Å². The van der Waals surface area contributed by atoms with Crippen molar-refractivity contribution in [3.8, 4) is 0 Å². The van der Waals surface area contributed by atoms with Crippen molar-refractivity contribution in [2.45, 2.75) is 25.9 Å². The van der Waals surface area contributed by atoms with Crippen LogP contribution in [0.25, 0.3) is 0 Å². The van der Waals surface area contributed by atoms with Crippen LogP contribution in [0.2, 0.25) is 0 Å². The molecule has 1 heterocycles. The highest BCUT2D eigenvalue weighted by Crippen LogP contribution is 2.33. The lowest BCUT2D eigenvalue weighted by Gasteiger charge is -2.23. The first kappa shape index (κ1) is 22.1. The number of carbonyl (C=O) groups is 3. The predicted molar refractivity (Wildman–Crippen MR) is 125 cm³/mol. The second-order valence-corrected chi connectivity index (χ2v) is 8.17. The summed E-state index contributed by atoms with van der Waals surface area (Å²) in [5.41, 5.74) is 10.4. The molecule has 0 aromatic heterocycles. The number of carbonyl (C=O) groups excluding carboxylic acids is 2. The average molecular weight is 444 g/mol. The quantitative estimate of drug-likeness (QED) is 0.517. The Balaban J connectivity index is 1.54. The van der Waals surface area contributed by atoms with E-state index in [0.29, 0.717) is 17.7 Å². The summed E-state index contributed by atoms with van der Waals surface area (Å²) in [4.78, 5) is 38.0. The first-order chi connectivity index (χ1) is 15.8. The number of nitrogens with zero attached hydrogens (tertiary/aromatic N) is 1. The maximum atomic E-state index is 13.2. The van der Waals surface area contributed by atoms with Crippen molar-refractivity contribution in [3.05, 3.63) is 100 Å². The molecule has 0 bridgehead atoms. The van der Waals surface area contributed by atoms with E-state index >= 15 is 0 Å². The van der Waals surface area contributed by atoms with E-state index in [1.807, 2.05) is 37.3 Å². The van der Waals surface area contributed by atoms with E-state index in [-0.39, 0.29) is 17.5 Å². The van der Waals surface area contributed by atoms with E-state index < -0.39 is 11.9 Å². The second kappa shape index (κ2) is 9.16. The van der Waals surface area contributed by atoms with E-state index in [0.717, 1.165) is 35.3 Å². The van der Waals surface area contributed by atoms with Crippen molar-refractivity contribution in [2.75, 3.05) is 11.4 Å². The van der Waals surface area contributed by atoms with Crippen LogP contribution >= 0.6 is 0 Å². The summed E-state index contributed by atoms with van der Waals surface area (Å²) in [5.74, 6) is -1.65. The molecule has 1 atom stereocenters. The number of benzene rings is 3.